The van der Waals surface area contributed by atoms with Gasteiger partial charge >= 0.3 is 6.09 Å². The van der Waals surface area contributed by atoms with Gasteiger partial charge in [0.25, 0.3) is 0 Å². The summed E-state index contributed by atoms with van der Waals surface area (Å²) < 4.78 is 5.43. The number of rotatable bonds is 8. The van der Waals surface area contributed by atoms with Crippen LogP contribution in [0.5, 0.6) is 0 Å². The Balaban J connectivity index is 1.93. The van der Waals surface area contributed by atoms with E-state index in [-0.39, 0.29) is 5.91 Å². The van der Waals surface area contributed by atoms with E-state index in [1.807, 2.05) is 45.0 Å². The molecule has 0 saturated carbocycles. The molecule has 0 spiro atoms. The highest BCUT2D eigenvalue weighted by molar-refractivity contribution is 5.77. The van der Waals surface area contributed by atoms with Gasteiger partial charge < -0.3 is 15.8 Å². The molecule has 0 atom stereocenters. The van der Waals surface area contributed by atoms with E-state index in [9.17, 15) is 9.59 Å². The van der Waals surface area contributed by atoms with Gasteiger partial charge in [0.2, 0.25) is 5.91 Å². The number of amides is 2. The summed E-state index contributed by atoms with van der Waals surface area (Å²) in [4.78, 5) is 23.4. The minimum atomic E-state index is -0.555. The van der Waals surface area contributed by atoms with Gasteiger partial charge in [-0.15, -0.1) is 0 Å². The topological polar surface area (TPSA) is 81.4 Å². The first-order valence-corrected chi connectivity index (χ1v) is 11.7. The minimum Gasteiger partial charge on any atom is -0.444 e. The quantitative estimate of drug-likeness (QED) is 0.424. The van der Waals surface area contributed by atoms with Gasteiger partial charge in [-0.25, -0.2) is 4.79 Å². The van der Waals surface area contributed by atoms with E-state index in [0.29, 0.717) is 13.0 Å². The average Bonchev–Trinajstić information content (AvgIpc) is 2.78. The normalized spacial score (nSPS) is 11.2. The Hall–Kier alpha value is -3.60. The summed E-state index contributed by atoms with van der Waals surface area (Å²) in [6.07, 6.45) is 1.48. The molecular formula is C29H34N2O3. The van der Waals surface area contributed by atoms with Crippen LogP contribution >= 0.6 is 0 Å². The third kappa shape index (κ3) is 6.95. The van der Waals surface area contributed by atoms with Crippen LogP contribution in [0.25, 0.3) is 22.3 Å². The lowest BCUT2D eigenvalue weighted by molar-refractivity contribution is -0.118. The molecule has 5 nitrogen and oxygen atoms in total. The van der Waals surface area contributed by atoms with Crippen LogP contribution in [0.1, 0.15) is 50.3 Å². The lowest BCUT2D eigenvalue weighted by Crippen LogP contribution is -2.32. The zero-order valence-corrected chi connectivity index (χ0v) is 20.5. The van der Waals surface area contributed by atoms with E-state index < -0.39 is 11.7 Å². The highest BCUT2D eigenvalue weighted by Crippen LogP contribution is 2.32. The third-order valence-electron chi connectivity index (χ3n) is 5.64. The fourth-order valence-corrected chi connectivity index (χ4v) is 4.01. The molecule has 178 valence electrons. The van der Waals surface area contributed by atoms with Gasteiger partial charge in [0.05, 0.1) is 0 Å². The zero-order valence-electron chi connectivity index (χ0n) is 20.5. The molecule has 0 radical (unpaired) electrons. The molecule has 34 heavy (non-hydrogen) atoms. The van der Waals surface area contributed by atoms with Crippen molar-refractivity contribution >= 4 is 12.0 Å². The number of carbonyl (C=O) groups is 2. The molecule has 3 rings (SSSR count). The fraction of sp³-hybridized carbons (Fsp3) is 0.310. The Morgan fingerprint density at radius 3 is 2.29 bits per heavy atom. The number of alkyl carbamates (subject to hydrolysis) is 1. The van der Waals surface area contributed by atoms with E-state index in [1.54, 1.807) is 0 Å². The van der Waals surface area contributed by atoms with E-state index in [2.05, 4.69) is 54.7 Å². The van der Waals surface area contributed by atoms with Gasteiger partial charge in [0, 0.05) is 13.0 Å². The zero-order chi connectivity index (χ0) is 24.7. The van der Waals surface area contributed by atoms with E-state index in [4.69, 9.17) is 10.5 Å². The molecule has 0 saturated heterocycles. The SMILES string of the molecule is Cc1c(CCCC(N)=O)cccc1-c1ccc(-c2ccccc2)c(CNC(=O)OC(C)(C)C)c1. The summed E-state index contributed by atoms with van der Waals surface area (Å²) in [6, 6.07) is 22.8. The number of aryl methyl sites for hydroxylation is 1. The second-order valence-electron chi connectivity index (χ2n) is 9.50. The molecule has 3 aromatic rings. The summed E-state index contributed by atoms with van der Waals surface area (Å²) in [5.74, 6) is -0.271. The highest BCUT2D eigenvalue weighted by atomic mass is 16.6. The van der Waals surface area contributed by atoms with Crippen molar-refractivity contribution in [1.29, 1.82) is 0 Å². The maximum atomic E-state index is 12.3. The first-order chi connectivity index (χ1) is 16.1. The highest BCUT2D eigenvalue weighted by Gasteiger charge is 2.17. The van der Waals surface area contributed by atoms with Crippen LogP contribution in [0.3, 0.4) is 0 Å². The summed E-state index contributed by atoms with van der Waals surface area (Å²) >= 11 is 0. The van der Waals surface area contributed by atoms with Crippen molar-refractivity contribution in [1.82, 2.24) is 5.32 Å². The largest absolute Gasteiger partial charge is 0.444 e. The van der Waals surface area contributed by atoms with Gasteiger partial charge in [0.15, 0.2) is 0 Å². The monoisotopic (exact) mass is 458 g/mol. The first-order valence-electron chi connectivity index (χ1n) is 11.7. The number of nitrogens with two attached hydrogens (primary N) is 1. The van der Waals surface area contributed by atoms with E-state index >= 15 is 0 Å². The van der Waals surface area contributed by atoms with E-state index in [0.717, 1.165) is 40.7 Å². The summed E-state index contributed by atoms with van der Waals surface area (Å²) in [6.45, 7) is 8.01. The van der Waals surface area contributed by atoms with Crippen LogP contribution in [0.4, 0.5) is 4.79 Å². The van der Waals surface area contributed by atoms with Crippen LogP contribution in [-0.4, -0.2) is 17.6 Å². The summed E-state index contributed by atoms with van der Waals surface area (Å²) in [5, 5.41) is 2.90. The summed E-state index contributed by atoms with van der Waals surface area (Å²) in [7, 11) is 0. The molecule has 0 aromatic heterocycles. The van der Waals surface area contributed by atoms with Crippen LogP contribution in [-0.2, 0) is 22.5 Å². The van der Waals surface area contributed by atoms with Crippen molar-refractivity contribution in [3.05, 3.63) is 83.4 Å². The molecule has 0 fully saturated rings. The summed E-state index contributed by atoms with van der Waals surface area (Å²) in [5.41, 5.74) is 12.5. The number of ether oxygens (including phenoxy) is 1. The Morgan fingerprint density at radius 2 is 1.62 bits per heavy atom. The standard InChI is InChI=1S/C29H34N2O3/c1-20-21(13-9-15-27(30)32)12-8-14-25(20)23-16-17-26(22-10-6-5-7-11-22)24(18-23)19-31-28(33)34-29(2,3)4/h5-8,10-12,14,16-18H,9,13,15,19H2,1-4H3,(H2,30,32)(H,31,33). The molecule has 0 bridgehead atoms. The van der Waals surface area contributed by atoms with Gasteiger partial charge in [-0.3, -0.25) is 4.79 Å². The third-order valence-corrected chi connectivity index (χ3v) is 5.64. The lowest BCUT2D eigenvalue weighted by Gasteiger charge is -2.20. The number of primary amides is 1. The second kappa shape index (κ2) is 11.0. The average molecular weight is 459 g/mol. The molecule has 5 heteroatoms. The molecule has 0 aliphatic carbocycles. The fourth-order valence-electron chi connectivity index (χ4n) is 4.01. The lowest BCUT2D eigenvalue weighted by atomic mass is 9.90. The van der Waals surface area contributed by atoms with Gasteiger partial charge in [-0.05, 0) is 85.5 Å². The van der Waals surface area contributed by atoms with Crippen LogP contribution in [0, 0.1) is 6.92 Å². The number of hydrogen-bond acceptors (Lipinski definition) is 3. The van der Waals surface area contributed by atoms with Gasteiger partial charge in [-0.1, -0.05) is 60.7 Å². The van der Waals surface area contributed by atoms with Gasteiger partial charge in [0.1, 0.15) is 5.60 Å². The van der Waals surface area contributed by atoms with E-state index in [1.165, 1.54) is 11.1 Å². The molecule has 3 aromatic carbocycles. The number of benzene rings is 3. The Kier molecular flexibility index (Phi) is 8.11. The van der Waals surface area contributed by atoms with Crippen LogP contribution < -0.4 is 11.1 Å². The molecule has 0 unspecified atom stereocenters. The van der Waals surface area contributed by atoms with Crippen molar-refractivity contribution in [2.75, 3.05) is 0 Å². The molecular weight excluding hydrogens is 424 g/mol. The Bertz CT molecular complexity index is 1150. The maximum Gasteiger partial charge on any atom is 0.407 e. The second-order valence-corrected chi connectivity index (χ2v) is 9.50. The molecule has 3 N–H and O–H groups in total. The first kappa shape index (κ1) is 25.0. The van der Waals surface area contributed by atoms with Gasteiger partial charge in [-0.2, -0.15) is 0 Å². The minimum absolute atomic E-state index is 0.271. The molecule has 0 aliphatic rings. The van der Waals surface area contributed by atoms with Crippen molar-refractivity contribution in [2.24, 2.45) is 5.73 Å². The molecule has 2 amide bonds. The van der Waals surface area contributed by atoms with Crippen molar-refractivity contribution < 1.29 is 14.3 Å². The predicted molar refractivity (Wildman–Crippen MR) is 137 cm³/mol. The molecule has 0 aliphatic heterocycles. The smallest absolute Gasteiger partial charge is 0.407 e. The Labute approximate surface area is 202 Å². The maximum absolute atomic E-state index is 12.3. The predicted octanol–water partition coefficient (Wildman–Crippen LogP) is 6.16. The van der Waals surface area contributed by atoms with Crippen molar-refractivity contribution in [2.45, 2.75) is 59.1 Å². The van der Waals surface area contributed by atoms with Crippen molar-refractivity contribution in [3.8, 4) is 22.3 Å². The number of carbonyl (C=O) groups excluding carboxylic acids is 2. The molecule has 0 heterocycles. The van der Waals surface area contributed by atoms with Crippen molar-refractivity contribution in [3.63, 3.8) is 0 Å². The number of hydrogen-bond donors (Lipinski definition) is 2. The van der Waals surface area contributed by atoms with Crippen LogP contribution in [0.2, 0.25) is 0 Å². The van der Waals surface area contributed by atoms with Crippen LogP contribution in [0.15, 0.2) is 66.7 Å². The Morgan fingerprint density at radius 1 is 0.882 bits per heavy atom. The number of nitrogens with one attached hydrogen (secondary N) is 1.